The lowest BCUT2D eigenvalue weighted by Gasteiger charge is -2.31. The van der Waals surface area contributed by atoms with E-state index in [-0.39, 0.29) is 5.60 Å². The van der Waals surface area contributed by atoms with E-state index in [0.717, 1.165) is 19.6 Å². The monoisotopic (exact) mass is 639 g/mol. The normalized spacial score (nSPS) is 12.0. The van der Waals surface area contributed by atoms with Crippen LogP contribution in [0.3, 0.4) is 0 Å². The lowest BCUT2D eigenvalue weighted by Crippen LogP contribution is -2.41. The predicted molar refractivity (Wildman–Crippen MR) is 201 cm³/mol. The molecule has 0 spiro atoms. The molecule has 0 rings (SSSR count). The zero-order valence-electron chi connectivity index (χ0n) is 31.9. The first kappa shape index (κ1) is 44.9. The van der Waals surface area contributed by atoms with Gasteiger partial charge in [-0.25, -0.2) is 0 Å². The van der Waals surface area contributed by atoms with Crippen LogP contribution in [0.25, 0.3) is 0 Å². The summed E-state index contributed by atoms with van der Waals surface area (Å²) >= 11 is 0. The van der Waals surface area contributed by atoms with Gasteiger partial charge in [0.05, 0.1) is 13.2 Å². The van der Waals surface area contributed by atoms with Crippen LogP contribution in [0.15, 0.2) is 0 Å². The molecular weight excluding hydrogens is 552 g/mol. The summed E-state index contributed by atoms with van der Waals surface area (Å²) in [6.07, 6.45) is 45.9. The van der Waals surface area contributed by atoms with Gasteiger partial charge in [-0.1, -0.05) is 213 Å². The molecule has 0 aliphatic carbocycles. The Bertz CT molecular complexity index is 476. The maximum atomic E-state index is 6.08. The van der Waals surface area contributed by atoms with Gasteiger partial charge in [-0.05, 0) is 19.3 Å². The highest BCUT2D eigenvalue weighted by atomic mass is 16.6. The molecule has 0 aromatic rings. The van der Waals surface area contributed by atoms with Gasteiger partial charge in [-0.15, -0.1) is 0 Å². The zero-order valence-corrected chi connectivity index (χ0v) is 31.9. The van der Waals surface area contributed by atoms with Gasteiger partial charge in [-0.2, -0.15) is 0 Å². The van der Waals surface area contributed by atoms with Gasteiger partial charge in [0.2, 0.25) is 0 Å². The van der Waals surface area contributed by atoms with Gasteiger partial charge in [0, 0.05) is 20.3 Å². The van der Waals surface area contributed by atoms with Crippen LogP contribution in [0.5, 0.6) is 0 Å². The standard InChI is InChI=1S/C42H86O3/c1-5-8-10-12-14-16-18-20-22-24-26-28-30-32-34-36-38-44-40-42(7-3,43-4)41-45-39-37-35-33-31-29-27-25-23-21-19-17-15-13-11-9-6-2/h5-41H2,1-4H3. The third-order valence-corrected chi connectivity index (χ3v) is 10.1. The SMILES string of the molecule is CCCCCCCCCCCCCCCCCCOCC(CC)(COCCCCCCCCCCCCCCCCCC)OC. The summed E-state index contributed by atoms with van der Waals surface area (Å²) in [5.74, 6) is 0. The van der Waals surface area contributed by atoms with Gasteiger partial charge < -0.3 is 14.2 Å². The third-order valence-electron chi connectivity index (χ3n) is 10.1. The van der Waals surface area contributed by atoms with E-state index in [1.807, 2.05) is 7.11 Å². The number of hydrogen-bond donors (Lipinski definition) is 0. The van der Waals surface area contributed by atoms with Crippen LogP contribution < -0.4 is 0 Å². The van der Waals surface area contributed by atoms with Crippen molar-refractivity contribution in [2.24, 2.45) is 0 Å². The molecule has 0 heterocycles. The first-order valence-electron chi connectivity index (χ1n) is 20.9. The first-order chi connectivity index (χ1) is 22.2. The maximum Gasteiger partial charge on any atom is 0.114 e. The van der Waals surface area contributed by atoms with Gasteiger partial charge >= 0.3 is 0 Å². The van der Waals surface area contributed by atoms with Crippen LogP contribution in [-0.2, 0) is 14.2 Å². The molecule has 0 aromatic carbocycles. The molecule has 3 heteroatoms. The van der Waals surface area contributed by atoms with Crippen LogP contribution in [0.1, 0.15) is 233 Å². The lowest BCUT2D eigenvalue weighted by molar-refractivity contribution is -0.120. The fourth-order valence-corrected chi connectivity index (χ4v) is 6.53. The predicted octanol–water partition coefficient (Wildman–Crippen LogP) is 14.3. The smallest absolute Gasteiger partial charge is 0.114 e. The van der Waals surface area contributed by atoms with Crippen LogP contribution in [0.4, 0.5) is 0 Å². The average Bonchev–Trinajstić information content (AvgIpc) is 3.06. The Morgan fingerprint density at radius 2 is 0.533 bits per heavy atom. The molecule has 0 unspecified atom stereocenters. The second-order valence-corrected chi connectivity index (χ2v) is 14.5. The Hall–Kier alpha value is -0.120. The first-order valence-corrected chi connectivity index (χ1v) is 20.9. The van der Waals surface area contributed by atoms with Crippen LogP contribution in [0, 0.1) is 0 Å². The summed E-state index contributed by atoms with van der Waals surface area (Å²) in [6.45, 7) is 9.79. The highest BCUT2D eigenvalue weighted by Crippen LogP contribution is 2.19. The summed E-state index contributed by atoms with van der Waals surface area (Å²) in [5, 5.41) is 0. The minimum Gasteiger partial charge on any atom is -0.378 e. The van der Waals surface area contributed by atoms with Crippen molar-refractivity contribution < 1.29 is 14.2 Å². The Morgan fingerprint density at radius 1 is 0.311 bits per heavy atom. The van der Waals surface area contributed by atoms with Crippen LogP contribution in [-0.4, -0.2) is 39.1 Å². The molecule has 0 saturated heterocycles. The van der Waals surface area contributed by atoms with E-state index in [9.17, 15) is 0 Å². The van der Waals surface area contributed by atoms with Gasteiger partial charge in [-0.3, -0.25) is 0 Å². The Labute approximate surface area is 285 Å². The van der Waals surface area contributed by atoms with E-state index >= 15 is 0 Å². The average molecular weight is 639 g/mol. The Balaban J connectivity index is 3.47. The summed E-state index contributed by atoms with van der Waals surface area (Å²) in [4.78, 5) is 0. The lowest BCUT2D eigenvalue weighted by atomic mass is 10.0. The second kappa shape index (κ2) is 38.3. The molecule has 0 aliphatic heterocycles. The summed E-state index contributed by atoms with van der Waals surface area (Å²) in [7, 11) is 1.82. The van der Waals surface area contributed by atoms with Crippen molar-refractivity contribution >= 4 is 0 Å². The molecule has 0 amide bonds. The molecule has 0 atom stereocenters. The second-order valence-electron chi connectivity index (χ2n) is 14.5. The van der Waals surface area contributed by atoms with Gasteiger partial charge in [0.15, 0.2) is 0 Å². The summed E-state index contributed by atoms with van der Waals surface area (Å²) < 4.78 is 18.1. The Morgan fingerprint density at radius 3 is 0.733 bits per heavy atom. The summed E-state index contributed by atoms with van der Waals surface area (Å²) in [6, 6.07) is 0. The third kappa shape index (κ3) is 33.6. The largest absolute Gasteiger partial charge is 0.378 e. The highest BCUT2D eigenvalue weighted by Gasteiger charge is 2.28. The van der Waals surface area contributed by atoms with Crippen molar-refractivity contribution in [3.63, 3.8) is 0 Å². The number of rotatable bonds is 40. The number of hydrogen-bond acceptors (Lipinski definition) is 3. The van der Waals surface area contributed by atoms with Crippen LogP contribution >= 0.6 is 0 Å². The van der Waals surface area contributed by atoms with E-state index in [4.69, 9.17) is 14.2 Å². The fourth-order valence-electron chi connectivity index (χ4n) is 6.53. The van der Waals surface area contributed by atoms with Gasteiger partial charge in [0.1, 0.15) is 5.60 Å². The minimum absolute atomic E-state index is 0.288. The van der Waals surface area contributed by atoms with Gasteiger partial charge in [0.25, 0.3) is 0 Å². The molecule has 0 saturated carbocycles. The molecule has 3 nitrogen and oxygen atoms in total. The molecule has 0 aliphatic rings. The Kier molecular flexibility index (Phi) is 38.2. The summed E-state index contributed by atoms with van der Waals surface area (Å²) in [5.41, 5.74) is -0.288. The molecule has 0 bridgehead atoms. The molecule has 45 heavy (non-hydrogen) atoms. The minimum atomic E-state index is -0.288. The van der Waals surface area contributed by atoms with Crippen molar-refractivity contribution in [3.8, 4) is 0 Å². The van der Waals surface area contributed by atoms with E-state index in [1.165, 1.54) is 205 Å². The van der Waals surface area contributed by atoms with Crippen LogP contribution in [0.2, 0.25) is 0 Å². The fraction of sp³-hybridized carbons (Fsp3) is 1.00. The molecule has 0 aromatic heterocycles. The number of methoxy groups -OCH3 is 1. The number of ether oxygens (including phenoxy) is 3. The van der Waals surface area contributed by atoms with Crippen molar-refractivity contribution in [1.82, 2.24) is 0 Å². The highest BCUT2D eigenvalue weighted by molar-refractivity contribution is 4.78. The van der Waals surface area contributed by atoms with E-state index in [2.05, 4.69) is 20.8 Å². The zero-order chi connectivity index (χ0) is 32.8. The molecule has 272 valence electrons. The topological polar surface area (TPSA) is 27.7 Å². The number of unbranched alkanes of at least 4 members (excludes halogenated alkanes) is 30. The molecule has 0 fully saturated rings. The molecular formula is C42H86O3. The molecule has 0 radical (unpaired) electrons. The van der Waals surface area contributed by atoms with Crippen molar-refractivity contribution in [1.29, 1.82) is 0 Å². The van der Waals surface area contributed by atoms with E-state index in [0.29, 0.717) is 13.2 Å². The van der Waals surface area contributed by atoms with Crippen molar-refractivity contribution in [2.75, 3.05) is 33.5 Å². The van der Waals surface area contributed by atoms with E-state index < -0.39 is 0 Å². The maximum absolute atomic E-state index is 6.08. The van der Waals surface area contributed by atoms with Crippen molar-refractivity contribution in [2.45, 2.75) is 238 Å². The van der Waals surface area contributed by atoms with E-state index in [1.54, 1.807) is 0 Å². The molecule has 0 N–H and O–H groups in total. The quantitative estimate of drug-likeness (QED) is 0.0625. The van der Waals surface area contributed by atoms with Crippen molar-refractivity contribution in [3.05, 3.63) is 0 Å².